The van der Waals surface area contributed by atoms with E-state index < -0.39 is 0 Å². The molecule has 2 rings (SSSR count). The lowest BCUT2D eigenvalue weighted by atomic mass is 10.1. The van der Waals surface area contributed by atoms with Crippen LogP contribution in [0.5, 0.6) is 0 Å². The second-order valence-electron chi connectivity index (χ2n) is 4.84. The highest BCUT2D eigenvalue weighted by Crippen LogP contribution is 2.25. The molecule has 1 heterocycles. The fourth-order valence-corrected chi connectivity index (χ4v) is 2.34. The van der Waals surface area contributed by atoms with Crippen LogP contribution in [-0.4, -0.2) is 42.9 Å². The standard InChI is InChI=1S/C14H19N3O2/c1-10(18)11-4-3-5-12(8-11)17-9-13(6-7-15)16(2)14(17)19/h3-5,8,13H,6-7,9,15H2,1-2H3. The van der Waals surface area contributed by atoms with Gasteiger partial charge in [0, 0.05) is 24.8 Å². The van der Waals surface area contributed by atoms with Crippen LogP contribution in [0.2, 0.25) is 0 Å². The molecule has 2 amide bonds. The molecule has 0 aliphatic carbocycles. The molecule has 5 nitrogen and oxygen atoms in total. The minimum atomic E-state index is -0.0425. The van der Waals surface area contributed by atoms with Gasteiger partial charge in [-0.15, -0.1) is 0 Å². The summed E-state index contributed by atoms with van der Waals surface area (Å²) in [7, 11) is 1.79. The molecule has 1 aliphatic heterocycles. The predicted molar refractivity (Wildman–Crippen MR) is 74.4 cm³/mol. The molecule has 19 heavy (non-hydrogen) atoms. The number of amides is 2. The van der Waals surface area contributed by atoms with E-state index in [-0.39, 0.29) is 17.9 Å². The van der Waals surface area contributed by atoms with E-state index in [0.29, 0.717) is 18.7 Å². The third kappa shape index (κ3) is 2.61. The number of anilines is 1. The molecular weight excluding hydrogens is 242 g/mol. The van der Waals surface area contributed by atoms with Gasteiger partial charge in [-0.25, -0.2) is 4.79 Å². The SMILES string of the molecule is CC(=O)c1cccc(N2CC(CCN)N(C)C2=O)c1. The Morgan fingerprint density at radius 3 is 2.84 bits per heavy atom. The van der Waals surface area contributed by atoms with Gasteiger partial charge < -0.3 is 10.6 Å². The molecule has 5 heteroatoms. The van der Waals surface area contributed by atoms with Gasteiger partial charge in [0.05, 0.1) is 6.04 Å². The van der Waals surface area contributed by atoms with Crippen molar-refractivity contribution in [2.45, 2.75) is 19.4 Å². The zero-order valence-corrected chi connectivity index (χ0v) is 11.3. The number of Topliss-reactive ketones (excluding diaryl/α,β-unsaturated/α-hetero) is 1. The van der Waals surface area contributed by atoms with Gasteiger partial charge in [0.25, 0.3) is 0 Å². The van der Waals surface area contributed by atoms with Crippen molar-refractivity contribution in [2.75, 3.05) is 25.0 Å². The molecule has 1 aromatic rings. The van der Waals surface area contributed by atoms with Crippen LogP contribution in [0.3, 0.4) is 0 Å². The van der Waals surface area contributed by atoms with Crippen LogP contribution in [0.25, 0.3) is 0 Å². The summed E-state index contributed by atoms with van der Waals surface area (Å²) < 4.78 is 0. The summed E-state index contributed by atoms with van der Waals surface area (Å²) in [5.74, 6) is 0.000332. The van der Waals surface area contributed by atoms with Gasteiger partial charge >= 0.3 is 6.03 Å². The molecule has 102 valence electrons. The molecule has 2 N–H and O–H groups in total. The number of hydrogen-bond donors (Lipinski definition) is 1. The average Bonchev–Trinajstić information content (AvgIpc) is 2.68. The molecule has 0 spiro atoms. The van der Waals surface area contributed by atoms with Crippen molar-refractivity contribution in [3.63, 3.8) is 0 Å². The number of rotatable bonds is 4. The highest BCUT2D eigenvalue weighted by Gasteiger charge is 2.34. The summed E-state index contributed by atoms with van der Waals surface area (Å²) in [5.41, 5.74) is 6.95. The van der Waals surface area contributed by atoms with Gasteiger partial charge in [-0.1, -0.05) is 12.1 Å². The molecule has 1 aliphatic rings. The number of carbonyl (C=O) groups is 2. The first-order chi connectivity index (χ1) is 9.04. The van der Waals surface area contributed by atoms with Crippen molar-refractivity contribution < 1.29 is 9.59 Å². The van der Waals surface area contributed by atoms with Gasteiger partial charge in [-0.05, 0) is 32.0 Å². The largest absolute Gasteiger partial charge is 0.330 e. The van der Waals surface area contributed by atoms with E-state index in [2.05, 4.69) is 0 Å². The maximum absolute atomic E-state index is 12.2. The first-order valence-electron chi connectivity index (χ1n) is 6.40. The van der Waals surface area contributed by atoms with Crippen molar-refractivity contribution in [2.24, 2.45) is 5.73 Å². The molecule has 0 aromatic heterocycles. The molecule has 0 radical (unpaired) electrons. The van der Waals surface area contributed by atoms with Crippen molar-refractivity contribution in [1.82, 2.24) is 4.90 Å². The van der Waals surface area contributed by atoms with E-state index in [0.717, 1.165) is 12.1 Å². The number of benzene rings is 1. The molecule has 1 unspecified atom stereocenters. The number of nitrogens with two attached hydrogens (primary N) is 1. The van der Waals surface area contributed by atoms with Gasteiger partial charge in [0.2, 0.25) is 0 Å². The van der Waals surface area contributed by atoms with Crippen LogP contribution in [0.1, 0.15) is 23.7 Å². The van der Waals surface area contributed by atoms with Crippen molar-refractivity contribution in [1.29, 1.82) is 0 Å². The average molecular weight is 261 g/mol. The van der Waals surface area contributed by atoms with Gasteiger partial charge in [0.1, 0.15) is 0 Å². The summed E-state index contributed by atoms with van der Waals surface area (Å²) in [6, 6.07) is 7.27. The Labute approximate surface area is 113 Å². The van der Waals surface area contributed by atoms with Gasteiger partial charge in [-0.2, -0.15) is 0 Å². The molecule has 1 fully saturated rings. The Kier molecular flexibility index (Phi) is 3.85. The fourth-order valence-electron chi connectivity index (χ4n) is 2.34. The first kappa shape index (κ1) is 13.5. The fraction of sp³-hybridized carbons (Fsp3) is 0.429. The minimum absolute atomic E-state index is 0.000332. The third-order valence-electron chi connectivity index (χ3n) is 3.54. The Morgan fingerprint density at radius 1 is 1.47 bits per heavy atom. The smallest absolute Gasteiger partial charge is 0.324 e. The number of urea groups is 1. The number of likely N-dealkylation sites (N-methyl/N-ethyl adjacent to an activating group) is 1. The highest BCUT2D eigenvalue weighted by molar-refractivity contribution is 5.98. The van der Waals surface area contributed by atoms with Crippen LogP contribution in [0, 0.1) is 0 Å². The van der Waals surface area contributed by atoms with Crippen LogP contribution in [0.4, 0.5) is 10.5 Å². The van der Waals surface area contributed by atoms with Crippen LogP contribution < -0.4 is 10.6 Å². The molecule has 1 aromatic carbocycles. The summed E-state index contributed by atoms with van der Waals surface area (Å²) >= 11 is 0. The van der Waals surface area contributed by atoms with Gasteiger partial charge in [-0.3, -0.25) is 9.69 Å². The van der Waals surface area contributed by atoms with Gasteiger partial charge in [0.15, 0.2) is 5.78 Å². The Morgan fingerprint density at radius 2 is 2.21 bits per heavy atom. The second kappa shape index (κ2) is 5.40. The van der Waals surface area contributed by atoms with Crippen LogP contribution in [-0.2, 0) is 0 Å². The van der Waals surface area contributed by atoms with E-state index in [4.69, 9.17) is 5.73 Å². The lowest BCUT2D eigenvalue weighted by Gasteiger charge is -2.16. The number of hydrogen-bond acceptors (Lipinski definition) is 3. The van der Waals surface area contributed by atoms with Crippen LogP contribution in [0.15, 0.2) is 24.3 Å². The summed E-state index contributed by atoms with van der Waals surface area (Å²) in [4.78, 5) is 27.0. The lowest BCUT2D eigenvalue weighted by molar-refractivity contribution is 0.101. The molecule has 0 saturated carbocycles. The second-order valence-corrected chi connectivity index (χ2v) is 4.84. The number of nitrogens with zero attached hydrogens (tertiary/aromatic N) is 2. The quantitative estimate of drug-likeness (QED) is 0.835. The van der Waals surface area contributed by atoms with E-state index in [1.165, 1.54) is 6.92 Å². The van der Waals surface area contributed by atoms with E-state index in [9.17, 15) is 9.59 Å². The molecule has 1 saturated heterocycles. The van der Waals surface area contributed by atoms with Crippen molar-refractivity contribution in [3.05, 3.63) is 29.8 Å². The predicted octanol–water partition coefficient (Wildman–Crippen LogP) is 1.48. The first-order valence-corrected chi connectivity index (χ1v) is 6.40. The topological polar surface area (TPSA) is 66.6 Å². The summed E-state index contributed by atoms with van der Waals surface area (Å²) in [6.45, 7) is 2.70. The normalized spacial score (nSPS) is 19.1. The molecule has 1 atom stereocenters. The summed E-state index contributed by atoms with van der Waals surface area (Å²) in [6.07, 6.45) is 0.783. The Balaban J connectivity index is 2.25. The Bertz CT molecular complexity index is 501. The Hall–Kier alpha value is -1.88. The summed E-state index contributed by atoms with van der Waals surface area (Å²) in [5, 5.41) is 0. The number of ketones is 1. The highest BCUT2D eigenvalue weighted by atomic mass is 16.2. The maximum Gasteiger partial charge on any atom is 0.324 e. The third-order valence-corrected chi connectivity index (χ3v) is 3.54. The van der Waals surface area contributed by atoms with E-state index in [1.807, 2.05) is 6.07 Å². The van der Waals surface area contributed by atoms with E-state index in [1.54, 1.807) is 35.0 Å². The number of carbonyl (C=O) groups excluding carboxylic acids is 2. The lowest BCUT2D eigenvalue weighted by Crippen LogP contribution is -2.32. The zero-order chi connectivity index (χ0) is 14.0. The maximum atomic E-state index is 12.2. The molecule has 0 bridgehead atoms. The minimum Gasteiger partial charge on any atom is -0.330 e. The molecular formula is C14H19N3O2. The van der Waals surface area contributed by atoms with Crippen molar-refractivity contribution >= 4 is 17.5 Å². The zero-order valence-electron chi connectivity index (χ0n) is 11.3. The van der Waals surface area contributed by atoms with Crippen LogP contribution >= 0.6 is 0 Å². The monoisotopic (exact) mass is 261 g/mol. The van der Waals surface area contributed by atoms with E-state index >= 15 is 0 Å². The van der Waals surface area contributed by atoms with Crippen molar-refractivity contribution in [3.8, 4) is 0 Å².